The SMILES string of the molecule is CCOC(=O)C1C/C=C\CC(OC(=O)/C=C/c2cn(C)cn2)CC2C(C)=CCC(C(C)C)C2C1. The van der Waals surface area contributed by atoms with Crippen LogP contribution >= 0.6 is 0 Å². The quantitative estimate of drug-likeness (QED) is 0.313. The van der Waals surface area contributed by atoms with Crippen LogP contribution in [0.25, 0.3) is 6.08 Å². The minimum absolute atomic E-state index is 0.0937. The van der Waals surface area contributed by atoms with E-state index in [1.54, 1.807) is 12.4 Å². The summed E-state index contributed by atoms with van der Waals surface area (Å²) in [6.45, 7) is 9.00. The summed E-state index contributed by atoms with van der Waals surface area (Å²) < 4.78 is 13.2. The van der Waals surface area contributed by atoms with Crippen LogP contribution in [0.15, 0.2) is 42.4 Å². The third-order valence-corrected chi connectivity index (χ3v) is 7.30. The fraction of sp³-hybridized carbons (Fsp3) is 0.607. The van der Waals surface area contributed by atoms with Crippen LogP contribution in [0, 0.1) is 29.6 Å². The minimum atomic E-state index is -0.347. The van der Waals surface area contributed by atoms with Crippen molar-refractivity contribution in [2.45, 2.75) is 65.9 Å². The monoisotopic (exact) mass is 468 g/mol. The van der Waals surface area contributed by atoms with Crippen molar-refractivity contribution in [1.82, 2.24) is 9.55 Å². The first kappa shape index (κ1) is 26.0. The number of fused-ring (bicyclic) bond motifs is 1. The number of aryl methyl sites for hydroxylation is 1. The van der Waals surface area contributed by atoms with Crippen LogP contribution in [-0.2, 0) is 26.1 Å². The summed E-state index contributed by atoms with van der Waals surface area (Å²) >= 11 is 0. The number of esters is 2. The number of ether oxygens (including phenoxy) is 2. The van der Waals surface area contributed by atoms with Crippen molar-refractivity contribution >= 4 is 18.0 Å². The van der Waals surface area contributed by atoms with E-state index in [0.717, 1.165) is 25.0 Å². The van der Waals surface area contributed by atoms with Crippen molar-refractivity contribution in [3.8, 4) is 0 Å². The van der Waals surface area contributed by atoms with E-state index in [0.29, 0.717) is 37.2 Å². The highest BCUT2D eigenvalue weighted by Crippen LogP contribution is 2.45. The summed E-state index contributed by atoms with van der Waals surface area (Å²) in [5.74, 6) is 1.08. The molecule has 2 aliphatic rings. The number of carbonyl (C=O) groups is 2. The maximum Gasteiger partial charge on any atom is 0.331 e. The van der Waals surface area contributed by atoms with Crippen LogP contribution in [-0.4, -0.2) is 34.2 Å². The standard InChI is InChI=1S/C28H40N2O4/c1-6-33-28(32)21-9-7-8-10-23(34-27(31)14-12-22-17-30(5)18-29-22)16-25-20(4)11-13-24(19(2)3)26(25)15-21/h7-8,11-12,14,17-19,21,23-26H,6,9-10,13,15-16H2,1-5H3/b8-7-,14-12+. The highest BCUT2D eigenvalue weighted by atomic mass is 16.5. The van der Waals surface area contributed by atoms with Crippen molar-refractivity contribution in [3.63, 3.8) is 0 Å². The fourth-order valence-electron chi connectivity index (χ4n) is 5.49. The first-order valence-electron chi connectivity index (χ1n) is 12.6. The zero-order valence-corrected chi connectivity index (χ0v) is 21.3. The molecule has 1 aromatic heterocycles. The van der Waals surface area contributed by atoms with E-state index in [4.69, 9.17) is 9.47 Å². The predicted octanol–water partition coefficient (Wildman–Crippen LogP) is 5.51. The summed E-state index contributed by atoms with van der Waals surface area (Å²) in [5.41, 5.74) is 2.07. The molecule has 186 valence electrons. The molecule has 0 amide bonds. The second-order valence-electron chi connectivity index (χ2n) is 10.1. The highest BCUT2D eigenvalue weighted by molar-refractivity contribution is 5.86. The van der Waals surface area contributed by atoms with Crippen LogP contribution in [0.4, 0.5) is 0 Å². The molecule has 6 nitrogen and oxygen atoms in total. The Morgan fingerprint density at radius 3 is 2.65 bits per heavy atom. The van der Waals surface area contributed by atoms with Gasteiger partial charge in [-0.2, -0.15) is 0 Å². The van der Waals surface area contributed by atoms with Gasteiger partial charge in [0.05, 0.1) is 24.5 Å². The third-order valence-electron chi connectivity index (χ3n) is 7.30. The average molecular weight is 469 g/mol. The molecule has 0 fully saturated rings. The third kappa shape index (κ3) is 6.94. The molecule has 2 aliphatic carbocycles. The first-order valence-corrected chi connectivity index (χ1v) is 12.6. The zero-order valence-electron chi connectivity index (χ0n) is 21.3. The summed E-state index contributed by atoms with van der Waals surface area (Å²) in [6, 6.07) is 0. The van der Waals surface area contributed by atoms with Crippen molar-refractivity contribution in [2.75, 3.05) is 6.61 Å². The van der Waals surface area contributed by atoms with Gasteiger partial charge in [-0.15, -0.1) is 0 Å². The lowest BCUT2D eigenvalue weighted by Gasteiger charge is -2.42. The Hall–Kier alpha value is -2.63. The number of carbonyl (C=O) groups excluding carboxylic acids is 2. The van der Waals surface area contributed by atoms with Crippen molar-refractivity contribution in [3.05, 3.63) is 48.1 Å². The second-order valence-corrected chi connectivity index (χ2v) is 10.1. The molecule has 1 heterocycles. The number of imidazole rings is 1. The van der Waals surface area contributed by atoms with Gasteiger partial charge in [0.25, 0.3) is 0 Å². The van der Waals surface area contributed by atoms with E-state index in [1.807, 2.05) is 24.7 Å². The molecule has 0 N–H and O–H groups in total. The molecule has 0 aliphatic heterocycles. The highest BCUT2D eigenvalue weighted by Gasteiger charge is 2.39. The van der Waals surface area contributed by atoms with Gasteiger partial charge in [-0.25, -0.2) is 9.78 Å². The van der Waals surface area contributed by atoms with E-state index in [9.17, 15) is 9.59 Å². The molecule has 3 rings (SSSR count). The topological polar surface area (TPSA) is 70.4 Å². The summed E-state index contributed by atoms with van der Waals surface area (Å²) in [6.07, 6.45) is 16.9. The molecule has 0 saturated heterocycles. The molecule has 5 atom stereocenters. The van der Waals surface area contributed by atoms with E-state index in [1.165, 1.54) is 11.6 Å². The Balaban J connectivity index is 1.81. The number of rotatable bonds is 6. The van der Waals surface area contributed by atoms with Gasteiger partial charge in [0.2, 0.25) is 0 Å². The lowest BCUT2D eigenvalue weighted by molar-refractivity contribution is -0.149. The lowest BCUT2D eigenvalue weighted by Crippen LogP contribution is -2.37. The first-order chi connectivity index (χ1) is 16.3. The van der Waals surface area contributed by atoms with Crippen molar-refractivity contribution in [2.24, 2.45) is 36.6 Å². The Morgan fingerprint density at radius 2 is 1.97 bits per heavy atom. The van der Waals surface area contributed by atoms with E-state index in [-0.39, 0.29) is 29.9 Å². The fourth-order valence-corrected chi connectivity index (χ4v) is 5.49. The van der Waals surface area contributed by atoms with Crippen LogP contribution < -0.4 is 0 Å². The van der Waals surface area contributed by atoms with Crippen LogP contribution in [0.3, 0.4) is 0 Å². The van der Waals surface area contributed by atoms with Gasteiger partial charge < -0.3 is 14.0 Å². The summed E-state index contributed by atoms with van der Waals surface area (Å²) in [7, 11) is 1.89. The normalized spacial score (nSPS) is 28.8. The van der Waals surface area contributed by atoms with Gasteiger partial charge in [-0.3, -0.25) is 4.79 Å². The number of hydrogen-bond acceptors (Lipinski definition) is 5. The lowest BCUT2D eigenvalue weighted by atomic mass is 9.63. The van der Waals surface area contributed by atoms with Crippen molar-refractivity contribution < 1.29 is 19.1 Å². The number of hydrogen-bond donors (Lipinski definition) is 0. The maximum atomic E-state index is 12.7. The smallest absolute Gasteiger partial charge is 0.331 e. The van der Waals surface area contributed by atoms with Gasteiger partial charge in [-0.05, 0) is 69.3 Å². The number of nitrogens with zero attached hydrogens (tertiary/aromatic N) is 2. The van der Waals surface area contributed by atoms with Gasteiger partial charge in [0, 0.05) is 25.7 Å². The zero-order chi connectivity index (χ0) is 24.7. The Bertz CT molecular complexity index is 927. The molecule has 0 spiro atoms. The molecular formula is C28H40N2O4. The Morgan fingerprint density at radius 1 is 1.21 bits per heavy atom. The van der Waals surface area contributed by atoms with Gasteiger partial charge >= 0.3 is 11.9 Å². The number of allylic oxidation sites excluding steroid dienone is 3. The van der Waals surface area contributed by atoms with E-state index >= 15 is 0 Å². The summed E-state index contributed by atoms with van der Waals surface area (Å²) in [5, 5.41) is 0. The molecule has 0 aromatic carbocycles. The predicted molar refractivity (Wildman–Crippen MR) is 134 cm³/mol. The molecule has 0 bridgehead atoms. The second kappa shape index (κ2) is 12.2. The van der Waals surface area contributed by atoms with Gasteiger partial charge in [-0.1, -0.05) is 37.6 Å². The van der Waals surface area contributed by atoms with Crippen LogP contribution in [0.2, 0.25) is 0 Å². The van der Waals surface area contributed by atoms with Crippen LogP contribution in [0.5, 0.6) is 0 Å². The molecule has 34 heavy (non-hydrogen) atoms. The van der Waals surface area contributed by atoms with E-state index < -0.39 is 0 Å². The minimum Gasteiger partial charge on any atom is -0.466 e. The summed E-state index contributed by atoms with van der Waals surface area (Å²) in [4.78, 5) is 29.6. The Labute approximate surface area is 204 Å². The average Bonchev–Trinajstić information content (AvgIpc) is 3.21. The van der Waals surface area contributed by atoms with Gasteiger partial charge in [0.15, 0.2) is 0 Å². The van der Waals surface area contributed by atoms with Crippen LogP contribution in [0.1, 0.15) is 65.5 Å². The van der Waals surface area contributed by atoms with Gasteiger partial charge in [0.1, 0.15) is 6.10 Å². The molecule has 6 heteroatoms. The molecule has 1 aromatic rings. The molecule has 0 radical (unpaired) electrons. The van der Waals surface area contributed by atoms with Crippen molar-refractivity contribution in [1.29, 1.82) is 0 Å². The largest absolute Gasteiger partial charge is 0.466 e. The molecule has 5 unspecified atom stereocenters. The van der Waals surface area contributed by atoms with E-state index in [2.05, 4.69) is 44.0 Å². The maximum absolute atomic E-state index is 12.7. The number of aromatic nitrogens is 2. The molecular weight excluding hydrogens is 428 g/mol. The Kier molecular flexibility index (Phi) is 9.31. The molecule has 0 saturated carbocycles.